The first-order valence-electron chi connectivity index (χ1n) is 7.38. The molecule has 1 aromatic heterocycles. The van der Waals surface area contributed by atoms with E-state index in [0.29, 0.717) is 17.6 Å². The van der Waals surface area contributed by atoms with Crippen LogP contribution in [0.5, 0.6) is 0 Å². The minimum Gasteiger partial charge on any atom is -0.388 e. The molecule has 1 aliphatic rings. The van der Waals surface area contributed by atoms with Crippen molar-refractivity contribution < 1.29 is 5.11 Å². The number of halogens is 1. The number of hydrogen-bond donors (Lipinski definition) is 2. The summed E-state index contributed by atoms with van der Waals surface area (Å²) in [6, 6.07) is 0. The van der Waals surface area contributed by atoms with Crippen molar-refractivity contribution >= 4 is 17.4 Å². The average Bonchev–Trinajstić information content (AvgIpc) is 2.35. The van der Waals surface area contributed by atoms with E-state index < -0.39 is 5.60 Å². The minimum absolute atomic E-state index is 0.242. The summed E-state index contributed by atoms with van der Waals surface area (Å²) in [6.07, 6.45) is 5.44. The summed E-state index contributed by atoms with van der Waals surface area (Å²) in [5, 5.41) is 14.4. The number of aliphatic hydroxyl groups is 1. The molecule has 5 heteroatoms. The predicted octanol–water partition coefficient (Wildman–Crippen LogP) is 3.61. The maximum atomic E-state index is 10.7. The molecular weight excluding hydrogens is 274 g/mol. The summed E-state index contributed by atoms with van der Waals surface area (Å²) in [5.74, 6) is 1.56. The SMILES string of the molecule is CC1CCCC(O)(CNc2ncnc(Cl)c2C(C)C)C1. The topological polar surface area (TPSA) is 58.0 Å². The Labute approximate surface area is 126 Å². The van der Waals surface area contributed by atoms with Gasteiger partial charge in [0.15, 0.2) is 0 Å². The summed E-state index contributed by atoms with van der Waals surface area (Å²) in [7, 11) is 0. The van der Waals surface area contributed by atoms with Crippen LogP contribution in [0, 0.1) is 5.92 Å². The van der Waals surface area contributed by atoms with E-state index >= 15 is 0 Å². The van der Waals surface area contributed by atoms with Crippen LogP contribution < -0.4 is 5.32 Å². The van der Waals surface area contributed by atoms with Crippen LogP contribution in [-0.2, 0) is 0 Å². The summed E-state index contributed by atoms with van der Waals surface area (Å²) in [4.78, 5) is 8.31. The lowest BCUT2D eigenvalue weighted by Gasteiger charge is -2.36. The van der Waals surface area contributed by atoms with Gasteiger partial charge in [0.05, 0.1) is 5.60 Å². The van der Waals surface area contributed by atoms with Crippen molar-refractivity contribution in [3.05, 3.63) is 17.0 Å². The van der Waals surface area contributed by atoms with Crippen molar-refractivity contribution in [2.24, 2.45) is 5.92 Å². The van der Waals surface area contributed by atoms with Crippen LogP contribution in [0.2, 0.25) is 5.15 Å². The second kappa shape index (κ2) is 6.27. The van der Waals surface area contributed by atoms with Gasteiger partial charge in [-0.1, -0.05) is 45.2 Å². The van der Waals surface area contributed by atoms with Gasteiger partial charge in [0, 0.05) is 12.1 Å². The first-order chi connectivity index (χ1) is 9.41. The summed E-state index contributed by atoms with van der Waals surface area (Å²) in [5.41, 5.74) is 0.283. The van der Waals surface area contributed by atoms with Gasteiger partial charge in [-0.05, 0) is 24.7 Å². The van der Waals surface area contributed by atoms with E-state index in [4.69, 9.17) is 11.6 Å². The molecule has 1 saturated carbocycles. The molecule has 1 heterocycles. The Morgan fingerprint density at radius 2 is 2.25 bits per heavy atom. The van der Waals surface area contributed by atoms with Crippen molar-refractivity contribution in [1.82, 2.24) is 9.97 Å². The number of anilines is 1. The Bertz CT molecular complexity index is 466. The van der Waals surface area contributed by atoms with Crippen molar-refractivity contribution in [3.8, 4) is 0 Å². The smallest absolute Gasteiger partial charge is 0.138 e. The lowest BCUT2D eigenvalue weighted by atomic mass is 9.79. The van der Waals surface area contributed by atoms with Crippen LogP contribution in [0.3, 0.4) is 0 Å². The Morgan fingerprint density at radius 1 is 1.50 bits per heavy atom. The standard InChI is InChI=1S/C15H24ClN3O/c1-10(2)12-13(16)18-9-19-14(12)17-8-15(20)6-4-5-11(3)7-15/h9-11,20H,4-8H2,1-3H3,(H,17,18,19). The maximum absolute atomic E-state index is 10.7. The predicted molar refractivity (Wildman–Crippen MR) is 82.2 cm³/mol. The van der Waals surface area contributed by atoms with Gasteiger partial charge in [-0.3, -0.25) is 0 Å². The number of aromatic nitrogens is 2. The average molecular weight is 298 g/mol. The number of nitrogens with zero attached hydrogens (tertiary/aromatic N) is 2. The third kappa shape index (κ3) is 3.61. The number of nitrogens with one attached hydrogen (secondary N) is 1. The van der Waals surface area contributed by atoms with Gasteiger partial charge < -0.3 is 10.4 Å². The van der Waals surface area contributed by atoms with Gasteiger partial charge in [0.1, 0.15) is 17.3 Å². The molecule has 2 unspecified atom stereocenters. The quantitative estimate of drug-likeness (QED) is 0.834. The third-order valence-electron chi connectivity index (χ3n) is 4.07. The third-order valence-corrected chi connectivity index (χ3v) is 4.37. The van der Waals surface area contributed by atoms with Crippen molar-refractivity contribution in [2.45, 2.75) is 58.0 Å². The molecule has 0 spiro atoms. The van der Waals surface area contributed by atoms with Crippen LogP contribution in [0.4, 0.5) is 5.82 Å². The molecule has 2 rings (SSSR count). The fourth-order valence-corrected chi connectivity index (χ4v) is 3.42. The van der Waals surface area contributed by atoms with E-state index in [9.17, 15) is 5.11 Å². The van der Waals surface area contributed by atoms with E-state index in [1.807, 2.05) is 0 Å². The molecule has 1 fully saturated rings. The largest absolute Gasteiger partial charge is 0.388 e. The van der Waals surface area contributed by atoms with E-state index in [-0.39, 0.29) is 5.92 Å². The molecule has 4 nitrogen and oxygen atoms in total. The highest BCUT2D eigenvalue weighted by Gasteiger charge is 2.32. The molecule has 0 bridgehead atoms. The molecular formula is C15H24ClN3O. The summed E-state index contributed by atoms with van der Waals surface area (Å²) >= 11 is 6.15. The van der Waals surface area contributed by atoms with Crippen LogP contribution in [-0.4, -0.2) is 27.2 Å². The molecule has 2 N–H and O–H groups in total. The highest BCUT2D eigenvalue weighted by molar-refractivity contribution is 6.30. The minimum atomic E-state index is -0.636. The molecule has 1 aromatic rings. The molecule has 0 aromatic carbocycles. The van der Waals surface area contributed by atoms with Gasteiger partial charge >= 0.3 is 0 Å². The highest BCUT2D eigenvalue weighted by atomic mass is 35.5. The van der Waals surface area contributed by atoms with Crippen molar-refractivity contribution in [2.75, 3.05) is 11.9 Å². The normalized spacial score (nSPS) is 26.8. The van der Waals surface area contributed by atoms with Crippen LogP contribution in [0.1, 0.15) is 57.9 Å². The van der Waals surface area contributed by atoms with E-state index in [0.717, 1.165) is 30.6 Å². The van der Waals surface area contributed by atoms with Crippen LogP contribution >= 0.6 is 11.6 Å². The summed E-state index contributed by atoms with van der Waals surface area (Å²) < 4.78 is 0. The molecule has 0 saturated heterocycles. The second-order valence-corrected chi connectivity index (χ2v) is 6.72. The molecule has 1 aliphatic carbocycles. The van der Waals surface area contributed by atoms with E-state index in [1.54, 1.807) is 0 Å². The highest BCUT2D eigenvalue weighted by Crippen LogP contribution is 2.33. The van der Waals surface area contributed by atoms with E-state index in [2.05, 4.69) is 36.1 Å². The Balaban J connectivity index is 2.09. The zero-order chi connectivity index (χ0) is 14.8. The fraction of sp³-hybridized carbons (Fsp3) is 0.733. The molecule has 0 radical (unpaired) electrons. The van der Waals surface area contributed by atoms with Gasteiger partial charge in [0.25, 0.3) is 0 Å². The lowest BCUT2D eigenvalue weighted by molar-refractivity contribution is -0.000845. The van der Waals surface area contributed by atoms with Crippen molar-refractivity contribution in [1.29, 1.82) is 0 Å². The molecule has 20 heavy (non-hydrogen) atoms. The fourth-order valence-electron chi connectivity index (χ4n) is 3.07. The van der Waals surface area contributed by atoms with Gasteiger partial charge in [-0.2, -0.15) is 0 Å². The Morgan fingerprint density at radius 3 is 2.90 bits per heavy atom. The number of rotatable bonds is 4. The number of hydrogen-bond acceptors (Lipinski definition) is 4. The Hall–Kier alpha value is -0.870. The molecule has 0 amide bonds. The monoisotopic (exact) mass is 297 g/mol. The van der Waals surface area contributed by atoms with Gasteiger partial charge in [-0.15, -0.1) is 0 Å². The Kier molecular flexibility index (Phi) is 4.86. The van der Waals surface area contributed by atoms with Crippen LogP contribution in [0.15, 0.2) is 6.33 Å². The lowest BCUT2D eigenvalue weighted by Crippen LogP contribution is -2.41. The van der Waals surface area contributed by atoms with Crippen molar-refractivity contribution in [3.63, 3.8) is 0 Å². The zero-order valence-electron chi connectivity index (χ0n) is 12.5. The molecule has 112 valence electrons. The first kappa shape index (κ1) is 15.5. The molecule has 2 atom stereocenters. The van der Waals surface area contributed by atoms with E-state index in [1.165, 1.54) is 12.7 Å². The maximum Gasteiger partial charge on any atom is 0.138 e. The summed E-state index contributed by atoms with van der Waals surface area (Å²) in [6.45, 7) is 6.84. The first-order valence-corrected chi connectivity index (χ1v) is 7.76. The zero-order valence-corrected chi connectivity index (χ0v) is 13.2. The second-order valence-electron chi connectivity index (χ2n) is 6.36. The molecule has 0 aliphatic heterocycles. The van der Waals surface area contributed by atoms with Gasteiger partial charge in [0.2, 0.25) is 0 Å². The van der Waals surface area contributed by atoms with Gasteiger partial charge in [-0.25, -0.2) is 9.97 Å². The van der Waals surface area contributed by atoms with Crippen LogP contribution in [0.25, 0.3) is 0 Å².